The van der Waals surface area contributed by atoms with Crippen molar-refractivity contribution in [2.45, 2.75) is 0 Å². The van der Waals surface area contributed by atoms with E-state index in [4.69, 9.17) is 11.5 Å². The average molecular weight is 250 g/mol. The van der Waals surface area contributed by atoms with E-state index in [1.165, 1.54) is 6.07 Å². The standard InChI is InChI=1S/C7H6BrF2N3/c8-4-1-3(13-7(11)12)2-5(9)6(4)10/h1-2H,(H4,11,12,13). The van der Waals surface area contributed by atoms with Crippen LogP contribution in [0.4, 0.5) is 14.5 Å². The van der Waals surface area contributed by atoms with Crippen LogP contribution >= 0.6 is 15.9 Å². The van der Waals surface area contributed by atoms with Gasteiger partial charge in [-0.1, -0.05) is 0 Å². The van der Waals surface area contributed by atoms with Gasteiger partial charge in [0.1, 0.15) is 0 Å². The first-order valence-electron chi connectivity index (χ1n) is 3.25. The zero-order chi connectivity index (χ0) is 10.0. The zero-order valence-electron chi connectivity index (χ0n) is 6.39. The number of nitrogens with zero attached hydrogens (tertiary/aromatic N) is 1. The fourth-order valence-electron chi connectivity index (χ4n) is 0.756. The molecular weight excluding hydrogens is 244 g/mol. The van der Waals surface area contributed by atoms with Gasteiger partial charge < -0.3 is 11.5 Å². The van der Waals surface area contributed by atoms with Crippen molar-refractivity contribution in [2.75, 3.05) is 0 Å². The van der Waals surface area contributed by atoms with Gasteiger partial charge in [-0.3, -0.25) is 0 Å². The van der Waals surface area contributed by atoms with E-state index in [9.17, 15) is 8.78 Å². The molecular formula is C7H6BrF2N3. The maximum atomic E-state index is 12.7. The Hall–Kier alpha value is -1.17. The highest BCUT2D eigenvalue weighted by Gasteiger charge is 2.07. The van der Waals surface area contributed by atoms with Gasteiger partial charge in [-0.2, -0.15) is 0 Å². The predicted octanol–water partition coefficient (Wildman–Crippen LogP) is 1.63. The highest BCUT2D eigenvalue weighted by Crippen LogP contribution is 2.24. The normalized spacial score (nSPS) is 9.77. The quantitative estimate of drug-likeness (QED) is 0.452. The van der Waals surface area contributed by atoms with Crippen LogP contribution in [0.3, 0.4) is 0 Å². The number of rotatable bonds is 1. The van der Waals surface area contributed by atoms with Gasteiger partial charge >= 0.3 is 0 Å². The Balaban J connectivity index is 3.21. The minimum atomic E-state index is -1.01. The van der Waals surface area contributed by atoms with Gasteiger partial charge in [-0.25, -0.2) is 13.8 Å². The van der Waals surface area contributed by atoms with Crippen molar-refractivity contribution in [1.29, 1.82) is 0 Å². The monoisotopic (exact) mass is 249 g/mol. The number of nitrogens with two attached hydrogens (primary N) is 2. The van der Waals surface area contributed by atoms with Crippen LogP contribution in [0.1, 0.15) is 0 Å². The number of benzene rings is 1. The zero-order valence-corrected chi connectivity index (χ0v) is 7.98. The van der Waals surface area contributed by atoms with Gasteiger partial charge in [0, 0.05) is 6.07 Å². The molecule has 0 unspecified atom stereocenters. The molecule has 13 heavy (non-hydrogen) atoms. The molecule has 0 aliphatic carbocycles. The molecule has 1 aromatic rings. The van der Waals surface area contributed by atoms with Crippen molar-refractivity contribution < 1.29 is 8.78 Å². The molecule has 0 spiro atoms. The molecule has 0 heterocycles. The number of hydrogen-bond acceptors (Lipinski definition) is 1. The van der Waals surface area contributed by atoms with Crippen LogP contribution in [0.25, 0.3) is 0 Å². The maximum absolute atomic E-state index is 12.7. The topological polar surface area (TPSA) is 64.4 Å². The summed E-state index contributed by atoms with van der Waals surface area (Å²) in [6.07, 6.45) is 0. The molecule has 3 nitrogen and oxygen atoms in total. The van der Waals surface area contributed by atoms with Crippen LogP contribution in [0.15, 0.2) is 21.6 Å². The summed E-state index contributed by atoms with van der Waals surface area (Å²) in [6, 6.07) is 2.18. The molecule has 0 atom stereocenters. The molecule has 6 heteroatoms. The van der Waals surface area contributed by atoms with Crippen molar-refractivity contribution >= 4 is 27.6 Å². The second-order valence-corrected chi connectivity index (χ2v) is 3.11. The molecule has 0 aliphatic rings. The molecule has 70 valence electrons. The minimum Gasteiger partial charge on any atom is -0.370 e. The Morgan fingerprint density at radius 1 is 1.31 bits per heavy atom. The first kappa shape index (κ1) is 9.91. The molecule has 0 aliphatic heterocycles. The van der Waals surface area contributed by atoms with Crippen LogP contribution in [0.5, 0.6) is 0 Å². The molecule has 0 saturated carbocycles. The number of aliphatic imine (C=N–C) groups is 1. The Morgan fingerprint density at radius 3 is 2.38 bits per heavy atom. The van der Waals surface area contributed by atoms with Gasteiger partial charge in [0.15, 0.2) is 17.6 Å². The summed E-state index contributed by atoms with van der Waals surface area (Å²) in [5.74, 6) is -2.18. The lowest BCUT2D eigenvalue weighted by molar-refractivity contribution is 0.504. The van der Waals surface area contributed by atoms with E-state index in [2.05, 4.69) is 20.9 Å². The van der Waals surface area contributed by atoms with Crippen molar-refractivity contribution in [3.63, 3.8) is 0 Å². The summed E-state index contributed by atoms with van der Waals surface area (Å²) in [6.45, 7) is 0. The average Bonchev–Trinajstić information content (AvgIpc) is 1.98. The van der Waals surface area contributed by atoms with Crippen LogP contribution in [0, 0.1) is 11.6 Å². The van der Waals surface area contributed by atoms with Gasteiger partial charge in [-0.05, 0) is 22.0 Å². The maximum Gasteiger partial charge on any atom is 0.191 e. The second-order valence-electron chi connectivity index (χ2n) is 2.26. The summed E-state index contributed by atoms with van der Waals surface area (Å²) < 4.78 is 25.4. The smallest absolute Gasteiger partial charge is 0.191 e. The molecule has 0 radical (unpaired) electrons. The number of hydrogen-bond donors (Lipinski definition) is 2. The van der Waals surface area contributed by atoms with Crippen LogP contribution in [-0.2, 0) is 0 Å². The molecule has 0 amide bonds. The van der Waals surface area contributed by atoms with Crippen LogP contribution in [0.2, 0.25) is 0 Å². The van der Waals surface area contributed by atoms with E-state index in [1.807, 2.05) is 0 Å². The summed E-state index contributed by atoms with van der Waals surface area (Å²) in [7, 11) is 0. The summed E-state index contributed by atoms with van der Waals surface area (Å²) >= 11 is 2.82. The van der Waals surface area contributed by atoms with E-state index in [0.29, 0.717) is 0 Å². The molecule has 0 fully saturated rings. The summed E-state index contributed by atoms with van der Waals surface area (Å²) in [5, 5.41) is 0. The first-order chi connectivity index (χ1) is 6.00. The van der Waals surface area contributed by atoms with Crippen molar-refractivity contribution in [3.8, 4) is 0 Å². The van der Waals surface area contributed by atoms with Gasteiger partial charge in [0.2, 0.25) is 0 Å². The third kappa shape index (κ3) is 2.38. The fourth-order valence-corrected chi connectivity index (χ4v) is 1.18. The predicted molar refractivity (Wildman–Crippen MR) is 49.5 cm³/mol. The van der Waals surface area contributed by atoms with Crippen LogP contribution < -0.4 is 11.5 Å². The number of guanidine groups is 1. The first-order valence-corrected chi connectivity index (χ1v) is 4.04. The molecule has 1 rings (SSSR count). The lowest BCUT2D eigenvalue weighted by atomic mass is 10.3. The number of halogens is 3. The Labute approximate surface area is 81.6 Å². The summed E-state index contributed by atoms with van der Waals surface area (Å²) in [5.41, 5.74) is 10.3. The lowest BCUT2D eigenvalue weighted by Gasteiger charge is -1.99. The largest absolute Gasteiger partial charge is 0.370 e. The van der Waals surface area contributed by atoms with Gasteiger partial charge in [0.25, 0.3) is 0 Å². The molecule has 0 aromatic heterocycles. The lowest BCUT2D eigenvalue weighted by Crippen LogP contribution is -2.21. The Morgan fingerprint density at radius 2 is 1.92 bits per heavy atom. The van der Waals surface area contributed by atoms with E-state index in [1.54, 1.807) is 0 Å². The Kier molecular flexibility index (Phi) is 2.82. The highest BCUT2D eigenvalue weighted by atomic mass is 79.9. The third-order valence-electron chi connectivity index (χ3n) is 1.23. The SMILES string of the molecule is NC(N)=Nc1cc(F)c(F)c(Br)c1. The highest BCUT2D eigenvalue weighted by molar-refractivity contribution is 9.10. The Bertz CT molecular complexity index is 338. The molecule has 4 N–H and O–H groups in total. The minimum absolute atomic E-state index is 0.0208. The second kappa shape index (κ2) is 3.69. The fraction of sp³-hybridized carbons (Fsp3) is 0. The molecule has 0 bridgehead atoms. The van der Waals surface area contributed by atoms with E-state index >= 15 is 0 Å². The third-order valence-corrected chi connectivity index (χ3v) is 1.80. The van der Waals surface area contributed by atoms with Crippen molar-refractivity contribution in [3.05, 3.63) is 28.2 Å². The van der Waals surface area contributed by atoms with Crippen molar-refractivity contribution in [2.24, 2.45) is 16.5 Å². The van der Waals surface area contributed by atoms with Gasteiger partial charge in [0.05, 0.1) is 10.2 Å². The molecule has 0 saturated heterocycles. The van der Waals surface area contributed by atoms with Gasteiger partial charge in [-0.15, -0.1) is 0 Å². The van der Waals surface area contributed by atoms with Crippen LogP contribution in [-0.4, -0.2) is 5.96 Å². The van der Waals surface area contributed by atoms with E-state index in [0.717, 1.165) is 6.07 Å². The van der Waals surface area contributed by atoms with E-state index in [-0.39, 0.29) is 16.1 Å². The molecule has 1 aromatic carbocycles. The van der Waals surface area contributed by atoms with E-state index < -0.39 is 11.6 Å². The van der Waals surface area contributed by atoms with Crippen molar-refractivity contribution in [1.82, 2.24) is 0 Å². The summed E-state index contributed by atoms with van der Waals surface area (Å²) in [4.78, 5) is 3.56.